The molecule has 5 atom stereocenters. The number of nitrogens with two attached hydrogens (primary N) is 1. The number of carbonyl (C=O) groups excluding carboxylic acids is 2. The first-order valence-electron chi connectivity index (χ1n) is 15.6. The summed E-state index contributed by atoms with van der Waals surface area (Å²) in [6.45, 7) is 1.79. The van der Waals surface area contributed by atoms with Crippen LogP contribution in [0.2, 0.25) is 0 Å². The molecule has 228 valence electrons. The molecule has 1 unspecified atom stereocenters. The Hall–Kier alpha value is -2.40. The van der Waals surface area contributed by atoms with Crippen LogP contribution >= 0.6 is 0 Å². The van der Waals surface area contributed by atoms with Crippen LogP contribution in [-0.4, -0.2) is 90.6 Å². The van der Waals surface area contributed by atoms with Crippen LogP contribution in [0.4, 0.5) is 0 Å². The topological polar surface area (TPSA) is 146 Å². The summed E-state index contributed by atoms with van der Waals surface area (Å²) in [5.41, 5.74) is 5.84. The molecular formula is C31H48N4O6. The van der Waals surface area contributed by atoms with Gasteiger partial charge in [0.05, 0.1) is 17.1 Å². The first-order valence-corrected chi connectivity index (χ1v) is 15.6. The van der Waals surface area contributed by atoms with E-state index in [0.717, 1.165) is 43.5 Å². The zero-order chi connectivity index (χ0) is 29.0. The van der Waals surface area contributed by atoms with Crippen LogP contribution < -0.4 is 21.1 Å². The van der Waals surface area contributed by atoms with Gasteiger partial charge in [0.2, 0.25) is 11.8 Å². The first kappa shape index (κ1) is 30.1. The molecule has 41 heavy (non-hydrogen) atoms. The molecule has 2 fully saturated rings. The smallest absolute Gasteiger partial charge is 0.246 e. The molecule has 1 aromatic rings. The molecule has 2 heterocycles. The maximum absolute atomic E-state index is 12.9. The van der Waals surface area contributed by atoms with Crippen molar-refractivity contribution in [3.63, 3.8) is 0 Å². The van der Waals surface area contributed by atoms with Gasteiger partial charge in [0, 0.05) is 18.2 Å². The summed E-state index contributed by atoms with van der Waals surface area (Å²) < 4.78 is 11.8. The number of amides is 2. The van der Waals surface area contributed by atoms with E-state index >= 15 is 0 Å². The second-order valence-electron chi connectivity index (χ2n) is 12.5. The summed E-state index contributed by atoms with van der Waals surface area (Å²) in [6.07, 6.45) is 11.2. The fraction of sp³-hybridized carbons (Fsp3) is 0.742. The van der Waals surface area contributed by atoms with Gasteiger partial charge >= 0.3 is 0 Å². The number of likely N-dealkylation sites (N-methyl/N-ethyl adjacent to an activating group) is 1. The van der Waals surface area contributed by atoms with Gasteiger partial charge in [-0.05, 0) is 70.3 Å². The Kier molecular flexibility index (Phi) is 9.43. The number of piperidine rings is 1. The second-order valence-corrected chi connectivity index (χ2v) is 12.5. The van der Waals surface area contributed by atoms with Gasteiger partial charge in [-0.2, -0.15) is 0 Å². The number of nitrogens with one attached hydrogen (secondary N) is 2. The summed E-state index contributed by atoms with van der Waals surface area (Å²) in [5.74, 6) is -0.0192. The summed E-state index contributed by atoms with van der Waals surface area (Å²) in [5, 5.41) is 28.8. The Morgan fingerprint density at radius 2 is 1.78 bits per heavy atom. The Labute approximate surface area is 243 Å². The van der Waals surface area contributed by atoms with Crippen molar-refractivity contribution >= 4 is 11.8 Å². The molecule has 4 aliphatic rings. The number of phenolic OH excluding ortho intramolecular Hbond substituents is 1. The van der Waals surface area contributed by atoms with Gasteiger partial charge in [-0.25, -0.2) is 0 Å². The lowest BCUT2D eigenvalue weighted by Gasteiger charge is -2.63. The Morgan fingerprint density at radius 3 is 2.54 bits per heavy atom. The van der Waals surface area contributed by atoms with E-state index in [1.165, 1.54) is 32.1 Å². The van der Waals surface area contributed by atoms with Gasteiger partial charge < -0.3 is 41.0 Å². The highest BCUT2D eigenvalue weighted by atomic mass is 16.5. The molecule has 6 N–H and O–H groups in total. The van der Waals surface area contributed by atoms with Crippen LogP contribution in [0, 0.1) is 0 Å². The normalized spacial score (nSPS) is 29.5. The van der Waals surface area contributed by atoms with Crippen molar-refractivity contribution in [3.8, 4) is 11.5 Å². The van der Waals surface area contributed by atoms with E-state index < -0.39 is 17.1 Å². The standard InChI is InChI=1S/C31H48N4O6/c1-35-17-14-30-27-21-10-11-23(36)28(27)41-29(30)22(12-13-31(30,39)24(35)18-21)34-26(38)20-40-19-25(37)33-16-9-7-5-3-2-4-6-8-15-32/h10-11,22,24,29,36,39H,2-9,12-20,32H2,1H3,(H,33,37)(H,34,38)/t22-,24?,29-,30-,31+/m0/s1. The van der Waals surface area contributed by atoms with Crippen LogP contribution in [0.25, 0.3) is 0 Å². The number of hydrogen-bond acceptors (Lipinski definition) is 8. The second kappa shape index (κ2) is 12.9. The van der Waals surface area contributed by atoms with E-state index in [9.17, 15) is 19.8 Å². The third-order valence-electron chi connectivity index (χ3n) is 10.00. The van der Waals surface area contributed by atoms with Crippen molar-refractivity contribution in [2.24, 2.45) is 5.73 Å². The van der Waals surface area contributed by atoms with Crippen molar-refractivity contribution in [3.05, 3.63) is 23.3 Å². The average Bonchev–Trinajstić information content (AvgIpc) is 3.31. The summed E-state index contributed by atoms with van der Waals surface area (Å²) in [4.78, 5) is 27.3. The predicted molar refractivity (Wildman–Crippen MR) is 155 cm³/mol. The van der Waals surface area contributed by atoms with E-state index in [1.807, 2.05) is 6.07 Å². The Morgan fingerprint density at radius 1 is 1.07 bits per heavy atom. The quantitative estimate of drug-likeness (QED) is 0.200. The summed E-state index contributed by atoms with van der Waals surface area (Å²) >= 11 is 0. The Balaban J connectivity index is 1.07. The predicted octanol–water partition coefficient (Wildman–Crippen LogP) is 1.87. The van der Waals surface area contributed by atoms with Gasteiger partial charge in [0.15, 0.2) is 11.5 Å². The third-order valence-corrected chi connectivity index (χ3v) is 10.00. The Bertz CT molecular complexity index is 1100. The average molecular weight is 573 g/mol. The molecule has 10 nitrogen and oxygen atoms in total. The van der Waals surface area contributed by atoms with E-state index in [1.54, 1.807) is 6.07 Å². The van der Waals surface area contributed by atoms with Crippen molar-refractivity contribution in [1.29, 1.82) is 0 Å². The molecule has 1 saturated carbocycles. The number of phenols is 1. The van der Waals surface area contributed by atoms with Crippen molar-refractivity contribution in [2.75, 3.05) is 39.9 Å². The van der Waals surface area contributed by atoms with E-state index in [2.05, 4.69) is 22.6 Å². The molecule has 2 aliphatic heterocycles. The number of carbonyl (C=O) groups is 2. The highest BCUT2D eigenvalue weighted by molar-refractivity contribution is 5.80. The SMILES string of the molecule is CN1CC[C@]23c4c5ccc(O)c4O[C@H]2[C@@H](NC(=O)COCC(=O)NCCCCCCCCCCN)CC[C@@]3(O)C1C5. The lowest BCUT2D eigenvalue weighted by atomic mass is 9.48. The number of nitrogens with zero attached hydrogens (tertiary/aromatic N) is 1. The molecule has 5 rings (SSSR count). The van der Waals surface area contributed by atoms with E-state index in [0.29, 0.717) is 38.0 Å². The molecule has 0 aromatic heterocycles. The van der Waals surface area contributed by atoms with Crippen LogP contribution in [0.3, 0.4) is 0 Å². The highest BCUT2D eigenvalue weighted by Crippen LogP contribution is 2.65. The molecule has 2 aliphatic carbocycles. The van der Waals surface area contributed by atoms with Gasteiger partial charge in [-0.15, -0.1) is 0 Å². The molecule has 1 spiro atoms. The number of aliphatic hydroxyl groups is 1. The monoisotopic (exact) mass is 572 g/mol. The number of rotatable bonds is 15. The fourth-order valence-corrected chi connectivity index (χ4v) is 7.99. The molecule has 2 bridgehead atoms. The van der Waals surface area contributed by atoms with Crippen molar-refractivity contribution < 1.29 is 29.3 Å². The molecule has 10 heteroatoms. The fourth-order valence-electron chi connectivity index (χ4n) is 7.99. The van der Waals surface area contributed by atoms with E-state index in [4.69, 9.17) is 15.2 Å². The zero-order valence-corrected chi connectivity index (χ0v) is 24.5. The number of likely N-dealkylation sites (tertiary alicyclic amines) is 1. The summed E-state index contributed by atoms with van der Waals surface area (Å²) in [6, 6.07) is 3.22. The minimum atomic E-state index is -1.00. The van der Waals surface area contributed by atoms with Crippen LogP contribution in [0.1, 0.15) is 81.8 Å². The molecule has 0 radical (unpaired) electrons. The lowest BCUT2D eigenvalue weighted by molar-refractivity contribution is -0.187. The lowest BCUT2D eigenvalue weighted by Crippen LogP contribution is -2.77. The zero-order valence-electron chi connectivity index (χ0n) is 24.5. The largest absolute Gasteiger partial charge is 0.504 e. The minimum absolute atomic E-state index is 0.0460. The van der Waals surface area contributed by atoms with Crippen LogP contribution in [0.15, 0.2) is 12.1 Å². The minimum Gasteiger partial charge on any atom is -0.504 e. The van der Waals surface area contributed by atoms with Crippen LogP contribution in [0.5, 0.6) is 11.5 Å². The number of ether oxygens (including phenoxy) is 2. The van der Waals surface area contributed by atoms with Crippen molar-refractivity contribution in [2.45, 2.75) is 106 Å². The molecular weight excluding hydrogens is 524 g/mol. The van der Waals surface area contributed by atoms with Crippen molar-refractivity contribution in [1.82, 2.24) is 15.5 Å². The highest BCUT2D eigenvalue weighted by Gasteiger charge is 2.72. The van der Waals surface area contributed by atoms with Gasteiger partial charge in [0.1, 0.15) is 19.3 Å². The molecule has 1 aromatic carbocycles. The summed E-state index contributed by atoms with van der Waals surface area (Å²) in [7, 11) is 2.06. The number of aromatic hydroxyl groups is 1. The third kappa shape index (κ3) is 5.68. The molecule has 1 saturated heterocycles. The number of unbranched alkanes of at least 4 members (excludes halogenated alkanes) is 7. The van der Waals surface area contributed by atoms with Gasteiger partial charge in [-0.3, -0.25) is 9.59 Å². The van der Waals surface area contributed by atoms with Crippen LogP contribution in [-0.2, 0) is 26.2 Å². The van der Waals surface area contributed by atoms with Gasteiger partial charge in [-0.1, -0.05) is 44.6 Å². The van der Waals surface area contributed by atoms with Gasteiger partial charge in [0.25, 0.3) is 0 Å². The maximum atomic E-state index is 12.9. The number of hydrogen-bond donors (Lipinski definition) is 5. The van der Waals surface area contributed by atoms with E-state index in [-0.39, 0.29) is 42.9 Å². The number of benzene rings is 1. The first-order chi connectivity index (χ1) is 19.8. The molecule has 2 amide bonds. The maximum Gasteiger partial charge on any atom is 0.246 e.